The topological polar surface area (TPSA) is 18.5 Å². The zero-order valence-corrected chi connectivity index (χ0v) is 11.1. The first-order valence-corrected chi connectivity index (χ1v) is 7.03. The highest BCUT2D eigenvalue weighted by atomic mass is 16.5. The third-order valence-electron chi connectivity index (χ3n) is 5.87. The van der Waals surface area contributed by atoms with Gasteiger partial charge in [0.05, 0.1) is 23.9 Å². The molecule has 8 atom stereocenters. The van der Waals surface area contributed by atoms with Gasteiger partial charge in [-0.2, -0.15) is 0 Å². The summed E-state index contributed by atoms with van der Waals surface area (Å²) in [6, 6.07) is 0. The number of hydrogen-bond donors (Lipinski definition) is 0. The van der Waals surface area contributed by atoms with Crippen LogP contribution in [0.15, 0.2) is 12.2 Å². The molecule has 1 saturated heterocycles. The summed E-state index contributed by atoms with van der Waals surface area (Å²) in [6.45, 7) is 9.10. The van der Waals surface area contributed by atoms with Crippen molar-refractivity contribution in [3.05, 3.63) is 12.2 Å². The van der Waals surface area contributed by atoms with Crippen LogP contribution < -0.4 is 0 Å². The van der Waals surface area contributed by atoms with Crippen LogP contribution >= 0.6 is 0 Å². The van der Waals surface area contributed by atoms with Crippen molar-refractivity contribution in [2.45, 2.75) is 58.0 Å². The minimum atomic E-state index is 0.0939. The number of ether oxygens (including phenoxy) is 2. The molecule has 0 aromatic carbocycles. The van der Waals surface area contributed by atoms with Crippen LogP contribution in [0.4, 0.5) is 0 Å². The summed E-state index contributed by atoms with van der Waals surface area (Å²) >= 11 is 0. The van der Waals surface area contributed by atoms with Gasteiger partial charge in [0.25, 0.3) is 0 Å². The van der Waals surface area contributed by atoms with Crippen LogP contribution in [0.5, 0.6) is 0 Å². The fourth-order valence-electron chi connectivity index (χ4n) is 5.23. The van der Waals surface area contributed by atoms with E-state index in [9.17, 15) is 0 Å². The quantitative estimate of drug-likeness (QED) is 0.600. The molecule has 2 saturated carbocycles. The summed E-state index contributed by atoms with van der Waals surface area (Å²) < 4.78 is 12.9. The summed E-state index contributed by atoms with van der Waals surface area (Å²) in [4.78, 5) is 0. The van der Waals surface area contributed by atoms with Crippen LogP contribution in [0.3, 0.4) is 0 Å². The van der Waals surface area contributed by atoms with Crippen molar-refractivity contribution in [1.82, 2.24) is 0 Å². The maximum Gasteiger partial charge on any atom is 0.0906 e. The van der Waals surface area contributed by atoms with Gasteiger partial charge < -0.3 is 9.47 Å². The SMILES string of the molecule is CC1[C@@H]2O[C@H](C)C[C@H](C)O[C@]34[C@@H]2[C@@]3(C)C=C[C@@H]14. The van der Waals surface area contributed by atoms with E-state index in [2.05, 4.69) is 39.8 Å². The van der Waals surface area contributed by atoms with Crippen LogP contribution in [0.25, 0.3) is 0 Å². The number of hydrogen-bond acceptors (Lipinski definition) is 2. The molecular weight excluding hydrogens is 212 g/mol. The minimum Gasteiger partial charge on any atom is -0.374 e. The van der Waals surface area contributed by atoms with Gasteiger partial charge in [-0.1, -0.05) is 26.0 Å². The molecule has 0 aromatic heterocycles. The Morgan fingerprint density at radius 1 is 1.18 bits per heavy atom. The summed E-state index contributed by atoms with van der Waals surface area (Å²) in [6.07, 6.45) is 6.89. The third-order valence-corrected chi connectivity index (χ3v) is 5.87. The van der Waals surface area contributed by atoms with Crippen LogP contribution in [-0.2, 0) is 9.47 Å². The average molecular weight is 234 g/mol. The number of rotatable bonds is 0. The molecule has 3 fully saturated rings. The summed E-state index contributed by atoms with van der Waals surface area (Å²) in [5, 5.41) is 0. The Bertz CT molecular complexity index is 404. The highest BCUT2D eigenvalue weighted by molar-refractivity contribution is 5.45. The lowest BCUT2D eigenvalue weighted by Crippen LogP contribution is -2.32. The van der Waals surface area contributed by atoms with E-state index in [4.69, 9.17) is 9.47 Å². The Morgan fingerprint density at radius 2 is 1.94 bits per heavy atom. The van der Waals surface area contributed by atoms with Crippen molar-refractivity contribution < 1.29 is 9.47 Å². The van der Waals surface area contributed by atoms with E-state index >= 15 is 0 Å². The van der Waals surface area contributed by atoms with E-state index < -0.39 is 0 Å². The van der Waals surface area contributed by atoms with E-state index in [1.165, 1.54) is 0 Å². The van der Waals surface area contributed by atoms with Gasteiger partial charge in [0.1, 0.15) is 0 Å². The molecule has 4 aliphatic rings. The maximum absolute atomic E-state index is 6.53. The van der Waals surface area contributed by atoms with E-state index in [1.807, 2.05) is 0 Å². The van der Waals surface area contributed by atoms with Crippen molar-refractivity contribution in [3.8, 4) is 0 Å². The van der Waals surface area contributed by atoms with E-state index in [-0.39, 0.29) is 11.0 Å². The fraction of sp³-hybridized carbons (Fsp3) is 0.867. The molecule has 2 heteroatoms. The standard InChI is InChI=1S/C15H22O2/c1-8-7-9(2)17-15-11-5-6-14(15,4)13(15)12(16-8)10(11)3/h5-6,8-13H,7H2,1-4H3/t8-,9+,10?,11+,12+,13+,14-,15-/m1/s1. The van der Waals surface area contributed by atoms with Crippen molar-refractivity contribution in [2.24, 2.45) is 23.2 Å². The van der Waals surface area contributed by atoms with Gasteiger partial charge in [-0.05, 0) is 26.2 Å². The molecule has 2 bridgehead atoms. The van der Waals surface area contributed by atoms with Gasteiger partial charge in [0, 0.05) is 17.3 Å². The molecule has 17 heavy (non-hydrogen) atoms. The Kier molecular flexibility index (Phi) is 1.74. The lowest BCUT2D eigenvalue weighted by atomic mass is 9.87. The fourth-order valence-corrected chi connectivity index (χ4v) is 5.23. The summed E-state index contributed by atoms with van der Waals surface area (Å²) in [5.41, 5.74) is 0.351. The van der Waals surface area contributed by atoms with Crippen LogP contribution in [0.2, 0.25) is 0 Å². The van der Waals surface area contributed by atoms with Crippen LogP contribution in [0.1, 0.15) is 34.1 Å². The van der Waals surface area contributed by atoms with Gasteiger partial charge in [0.15, 0.2) is 0 Å². The second-order valence-corrected chi connectivity index (χ2v) is 6.87. The average Bonchev–Trinajstić information content (AvgIpc) is 2.49. The Labute approximate surface area is 103 Å². The zero-order valence-electron chi connectivity index (χ0n) is 11.1. The normalized spacial score (nSPS) is 67.5. The Hall–Kier alpha value is -0.340. The Morgan fingerprint density at radius 3 is 2.71 bits per heavy atom. The predicted molar refractivity (Wildman–Crippen MR) is 65.6 cm³/mol. The molecule has 1 aliphatic heterocycles. The van der Waals surface area contributed by atoms with Crippen molar-refractivity contribution >= 4 is 0 Å². The minimum absolute atomic E-state index is 0.0939. The molecule has 1 heterocycles. The van der Waals surface area contributed by atoms with Gasteiger partial charge >= 0.3 is 0 Å². The molecule has 1 spiro atoms. The van der Waals surface area contributed by atoms with E-state index in [1.54, 1.807) is 0 Å². The largest absolute Gasteiger partial charge is 0.374 e. The van der Waals surface area contributed by atoms with E-state index in [0.717, 1.165) is 6.42 Å². The smallest absolute Gasteiger partial charge is 0.0906 e. The molecule has 4 rings (SSSR count). The first-order chi connectivity index (χ1) is 8.00. The highest BCUT2D eigenvalue weighted by Gasteiger charge is 2.86. The van der Waals surface area contributed by atoms with Gasteiger partial charge in [-0.3, -0.25) is 0 Å². The molecule has 0 N–H and O–H groups in total. The summed E-state index contributed by atoms with van der Waals surface area (Å²) in [7, 11) is 0. The van der Waals surface area contributed by atoms with Gasteiger partial charge in [-0.25, -0.2) is 0 Å². The second-order valence-electron chi connectivity index (χ2n) is 6.87. The molecule has 0 amide bonds. The molecular formula is C15H22O2. The van der Waals surface area contributed by atoms with E-state index in [0.29, 0.717) is 36.1 Å². The first kappa shape index (κ1) is 10.6. The molecule has 0 radical (unpaired) electrons. The zero-order chi connectivity index (χ0) is 12.0. The van der Waals surface area contributed by atoms with Crippen molar-refractivity contribution in [1.29, 1.82) is 0 Å². The molecule has 94 valence electrons. The van der Waals surface area contributed by atoms with Gasteiger partial charge in [0.2, 0.25) is 0 Å². The molecule has 3 aliphatic carbocycles. The first-order valence-electron chi connectivity index (χ1n) is 7.03. The maximum atomic E-state index is 6.53. The monoisotopic (exact) mass is 234 g/mol. The van der Waals surface area contributed by atoms with Gasteiger partial charge in [-0.15, -0.1) is 0 Å². The molecule has 2 nitrogen and oxygen atoms in total. The van der Waals surface area contributed by atoms with Crippen molar-refractivity contribution in [2.75, 3.05) is 0 Å². The lowest BCUT2D eigenvalue weighted by molar-refractivity contribution is -0.0966. The lowest BCUT2D eigenvalue weighted by Gasteiger charge is -2.28. The third kappa shape index (κ3) is 0.943. The predicted octanol–water partition coefficient (Wildman–Crippen LogP) is 2.78. The van der Waals surface area contributed by atoms with Crippen molar-refractivity contribution in [3.63, 3.8) is 0 Å². The Balaban J connectivity index is 1.80. The van der Waals surface area contributed by atoms with Crippen LogP contribution in [-0.4, -0.2) is 23.9 Å². The molecule has 1 unspecified atom stereocenters. The highest BCUT2D eigenvalue weighted by Crippen LogP contribution is 2.80. The summed E-state index contributed by atoms with van der Waals surface area (Å²) in [5.74, 6) is 1.79. The second kappa shape index (κ2) is 2.80. The molecule has 0 aromatic rings. The van der Waals surface area contributed by atoms with Crippen LogP contribution in [0, 0.1) is 23.2 Å².